The molecule has 0 aliphatic carbocycles. The monoisotopic (exact) mass is 628 g/mol. The van der Waals surface area contributed by atoms with E-state index in [0.717, 1.165) is 12.1 Å². The molecule has 1 amide bonds. The van der Waals surface area contributed by atoms with E-state index in [9.17, 15) is 33.4 Å². The highest BCUT2D eigenvalue weighted by Crippen LogP contribution is 2.37. The van der Waals surface area contributed by atoms with Crippen LogP contribution >= 0.6 is 0 Å². The summed E-state index contributed by atoms with van der Waals surface area (Å²) < 4.78 is 40.1. The largest absolute Gasteiger partial charge is 0.444 e. The van der Waals surface area contributed by atoms with Gasteiger partial charge in [0.05, 0.1) is 41.2 Å². The first kappa shape index (κ1) is 35.0. The van der Waals surface area contributed by atoms with Gasteiger partial charge in [0.1, 0.15) is 5.60 Å². The van der Waals surface area contributed by atoms with E-state index >= 15 is 0 Å². The van der Waals surface area contributed by atoms with Crippen molar-refractivity contribution in [3.8, 4) is 0 Å². The first-order valence-corrected chi connectivity index (χ1v) is 17.5. The van der Waals surface area contributed by atoms with Crippen LogP contribution in [0.4, 0.5) is 16.2 Å². The van der Waals surface area contributed by atoms with Gasteiger partial charge in [-0.1, -0.05) is 43.5 Å². The van der Waals surface area contributed by atoms with E-state index in [4.69, 9.17) is 14.0 Å². The zero-order chi connectivity index (χ0) is 32.3. The molecule has 16 heteroatoms. The van der Waals surface area contributed by atoms with Crippen molar-refractivity contribution in [3.05, 3.63) is 63.2 Å². The molecule has 1 aliphatic heterocycles. The summed E-state index contributed by atoms with van der Waals surface area (Å²) in [6, 6.07) is 0.438. The van der Waals surface area contributed by atoms with E-state index in [1.165, 1.54) is 17.1 Å². The summed E-state index contributed by atoms with van der Waals surface area (Å²) >= 11 is 0. The molecule has 0 saturated carbocycles. The Morgan fingerprint density at radius 1 is 1.14 bits per heavy atom. The third-order valence-electron chi connectivity index (χ3n) is 6.84. The van der Waals surface area contributed by atoms with Crippen molar-refractivity contribution in [2.75, 3.05) is 19.8 Å². The van der Waals surface area contributed by atoms with Gasteiger partial charge in [-0.25, -0.2) is 13.2 Å². The third-order valence-corrected chi connectivity index (χ3v) is 13.1. The van der Waals surface area contributed by atoms with Gasteiger partial charge in [-0.3, -0.25) is 30.0 Å². The number of ether oxygens (including phenoxy) is 1. The van der Waals surface area contributed by atoms with Gasteiger partial charge in [-0.15, -0.1) is 6.58 Å². The Kier molecular flexibility index (Phi) is 10.8. The molecule has 0 bridgehead atoms. The summed E-state index contributed by atoms with van der Waals surface area (Å²) in [7, 11) is -7.03. The Bertz CT molecular complexity index is 1340. The van der Waals surface area contributed by atoms with Crippen molar-refractivity contribution in [2.24, 2.45) is 0 Å². The molecule has 0 aromatic heterocycles. The number of nitrogens with zero attached hydrogens (tertiary/aromatic N) is 4. The molecule has 1 aromatic carbocycles. The number of hydrogen-bond donors (Lipinski definition) is 0. The minimum atomic E-state index is -4.80. The predicted molar refractivity (Wildman–Crippen MR) is 158 cm³/mol. The van der Waals surface area contributed by atoms with Gasteiger partial charge in [0.2, 0.25) is 0 Å². The number of carbonyl (C=O) groups is 1. The first-order valence-electron chi connectivity index (χ1n) is 13.2. The highest BCUT2D eigenvalue weighted by molar-refractivity contribution is 7.89. The molecule has 42 heavy (non-hydrogen) atoms. The summed E-state index contributed by atoms with van der Waals surface area (Å²) in [4.78, 5) is 40.4. The summed E-state index contributed by atoms with van der Waals surface area (Å²) in [6.07, 6.45) is 3.68. The van der Waals surface area contributed by atoms with Crippen LogP contribution in [0.2, 0.25) is 18.1 Å². The highest BCUT2D eigenvalue weighted by atomic mass is 32.2. The fourth-order valence-corrected chi connectivity index (χ4v) is 6.17. The van der Waals surface area contributed by atoms with Crippen LogP contribution in [-0.4, -0.2) is 79.5 Å². The summed E-state index contributed by atoms with van der Waals surface area (Å²) in [5.74, 6) is 0. The summed E-state index contributed by atoms with van der Waals surface area (Å²) in [6.45, 7) is 18.6. The Balaban J connectivity index is 2.58. The zero-order valence-corrected chi connectivity index (χ0v) is 27.0. The molecule has 1 aromatic rings. The van der Waals surface area contributed by atoms with E-state index in [2.05, 4.69) is 40.4 Å². The molecule has 1 heterocycles. The SMILES string of the molecule is C=CCON([C@@H]1C=C[C@@H](CO[Si](C)(C)C(C)(C)C)N(C(=O)OC(C)(C)C)C1)S(=O)(=O)c1ccc([N+](=O)[O-])cc1[N+](=O)[O-]. The average molecular weight is 629 g/mol. The molecule has 0 N–H and O–H groups in total. The summed E-state index contributed by atoms with van der Waals surface area (Å²) in [5, 5.41) is 22.8. The molecular weight excluding hydrogens is 588 g/mol. The van der Waals surface area contributed by atoms with Crippen LogP contribution in [-0.2, 0) is 24.0 Å². The number of sulfonamides is 1. The number of rotatable bonds is 11. The fraction of sp³-hybridized carbons (Fsp3) is 0.577. The Morgan fingerprint density at radius 3 is 2.26 bits per heavy atom. The lowest BCUT2D eigenvalue weighted by molar-refractivity contribution is -0.396. The second-order valence-electron chi connectivity index (χ2n) is 12.2. The van der Waals surface area contributed by atoms with Crippen molar-refractivity contribution >= 4 is 35.8 Å². The van der Waals surface area contributed by atoms with Crippen molar-refractivity contribution in [1.82, 2.24) is 9.37 Å². The average Bonchev–Trinajstić information content (AvgIpc) is 2.85. The number of benzene rings is 1. The van der Waals surface area contributed by atoms with Crippen molar-refractivity contribution in [3.63, 3.8) is 0 Å². The minimum absolute atomic E-state index is 0.104. The van der Waals surface area contributed by atoms with E-state index in [-0.39, 0.29) is 24.8 Å². The second-order valence-corrected chi connectivity index (χ2v) is 18.8. The van der Waals surface area contributed by atoms with Gasteiger partial charge >= 0.3 is 6.09 Å². The molecule has 0 unspecified atom stereocenters. The molecule has 2 atom stereocenters. The van der Waals surface area contributed by atoms with Gasteiger partial charge in [0.25, 0.3) is 21.4 Å². The molecule has 0 fully saturated rings. The number of carbonyl (C=O) groups excluding carboxylic acids is 1. The van der Waals surface area contributed by atoms with Crippen molar-refractivity contribution in [2.45, 2.75) is 82.3 Å². The van der Waals surface area contributed by atoms with E-state index in [1.54, 1.807) is 26.8 Å². The van der Waals surface area contributed by atoms with Gasteiger partial charge in [0, 0.05) is 12.6 Å². The molecule has 0 spiro atoms. The van der Waals surface area contributed by atoms with E-state index in [1.807, 2.05) is 0 Å². The normalized spacial score (nSPS) is 18.2. The van der Waals surface area contributed by atoms with Crippen LogP contribution in [0.15, 0.2) is 47.9 Å². The van der Waals surface area contributed by atoms with Crippen molar-refractivity contribution in [1.29, 1.82) is 0 Å². The smallest absolute Gasteiger partial charge is 0.410 e. The molecule has 14 nitrogen and oxygen atoms in total. The fourth-order valence-electron chi connectivity index (χ4n) is 3.63. The van der Waals surface area contributed by atoms with Gasteiger partial charge in [-0.05, 0) is 45.0 Å². The molecule has 0 radical (unpaired) electrons. The first-order chi connectivity index (χ1) is 19.1. The molecule has 0 saturated heterocycles. The highest BCUT2D eigenvalue weighted by Gasteiger charge is 2.43. The predicted octanol–water partition coefficient (Wildman–Crippen LogP) is 5.18. The minimum Gasteiger partial charge on any atom is -0.444 e. The lowest BCUT2D eigenvalue weighted by Crippen LogP contribution is -2.55. The van der Waals surface area contributed by atoms with Gasteiger partial charge in [-0.2, -0.15) is 0 Å². The Morgan fingerprint density at radius 2 is 1.76 bits per heavy atom. The maximum atomic E-state index is 13.8. The Hall–Kier alpha value is -3.18. The number of hydrogen-bond acceptors (Lipinski definition) is 10. The summed E-state index contributed by atoms with van der Waals surface area (Å²) in [5.41, 5.74) is -2.51. The molecular formula is C26H40N4O10SSi. The third kappa shape index (κ3) is 8.44. The second kappa shape index (κ2) is 13.0. The maximum Gasteiger partial charge on any atom is 0.410 e. The number of amides is 1. The van der Waals surface area contributed by atoms with E-state index in [0.29, 0.717) is 10.5 Å². The zero-order valence-electron chi connectivity index (χ0n) is 25.2. The van der Waals surface area contributed by atoms with Crippen LogP contribution in [0.25, 0.3) is 0 Å². The Labute approximate surface area is 247 Å². The van der Waals surface area contributed by atoms with E-state index < -0.39 is 68.2 Å². The van der Waals surface area contributed by atoms with Gasteiger partial charge < -0.3 is 9.16 Å². The van der Waals surface area contributed by atoms with Crippen LogP contribution in [0, 0.1) is 20.2 Å². The van der Waals surface area contributed by atoms with Gasteiger partial charge in [0.15, 0.2) is 13.2 Å². The van der Waals surface area contributed by atoms with Crippen LogP contribution < -0.4 is 0 Å². The van der Waals surface area contributed by atoms with Crippen LogP contribution in [0.5, 0.6) is 0 Å². The van der Waals surface area contributed by atoms with Crippen LogP contribution in [0.1, 0.15) is 41.5 Å². The topological polar surface area (TPSA) is 172 Å². The number of hydroxylamine groups is 1. The number of nitro groups is 2. The molecule has 2 rings (SSSR count). The standard InChI is InChI=1S/C26H40N4O10SSi/c1-10-15-38-30(41(36,37)23-14-13-19(28(32)33)16-22(23)29(34)35)20-11-12-21(18-39-42(8,9)26(5,6)7)27(17-20)24(31)40-25(2,3)4/h10-14,16,20-21H,1,15,17-18H2,2-9H3/t20-,21+/m1/s1. The lowest BCUT2D eigenvalue weighted by Gasteiger charge is -2.42. The van der Waals surface area contributed by atoms with Crippen molar-refractivity contribution < 1.29 is 37.1 Å². The quantitative estimate of drug-likeness (QED) is 0.138. The number of nitro benzene ring substituents is 2. The molecule has 234 valence electrons. The lowest BCUT2D eigenvalue weighted by atomic mass is 10.1. The van der Waals surface area contributed by atoms with Crippen LogP contribution in [0.3, 0.4) is 0 Å². The number of non-ortho nitro benzene ring substituents is 1. The molecule has 1 aliphatic rings. The maximum absolute atomic E-state index is 13.8.